The van der Waals surface area contributed by atoms with Gasteiger partial charge in [-0.25, -0.2) is 0 Å². The topological polar surface area (TPSA) is 250 Å². The predicted octanol–water partition coefficient (Wildman–Crippen LogP) is 2.44. The molecule has 0 saturated carbocycles. The van der Waals surface area contributed by atoms with E-state index in [0.717, 1.165) is 156 Å². The third-order valence-electron chi connectivity index (χ3n) is 6.98. The molecule has 0 aliphatic heterocycles. The van der Waals surface area contributed by atoms with Crippen molar-refractivity contribution in [3.05, 3.63) is 0 Å². The maximum absolute atomic E-state index is 9.77. The zero-order chi connectivity index (χ0) is 49.9. The summed E-state index contributed by atoms with van der Waals surface area (Å²) in [5.74, 6) is 0. The summed E-state index contributed by atoms with van der Waals surface area (Å²) in [6.07, 6.45) is 17.8. The Bertz CT molecular complexity index is 411. The second-order valence-electron chi connectivity index (χ2n) is 13.4. The molecule has 18 heteroatoms. The molecule has 0 unspecified atom stereocenters. The molecule has 0 aromatic rings. The number of aliphatic hydroxyl groups is 3. The van der Waals surface area contributed by atoms with Crippen LogP contribution in [0, 0.1) is 0 Å². The third-order valence-corrected chi connectivity index (χ3v) is 6.98. The van der Waals surface area contributed by atoms with Crippen LogP contribution in [0.15, 0.2) is 0 Å². The van der Waals surface area contributed by atoms with Gasteiger partial charge in [0.25, 0.3) is 0 Å². The van der Waals surface area contributed by atoms with Crippen LogP contribution in [-0.2, 0) is 37.9 Å². The van der Waals surface area contributed by atoms with Crippen LogP contribution in [0.2, 0.25) is 0 Å². The smallest absolute Gasteiger partial charge is 0.853 e. The summed E-state index contributed by atoms with van der Waals surface area (Å²) < 4.78 is 39.5. The quantitative estimate of drug-likeness (QED) is 0.0589. The van der Waals surface area contributed by atoms with Gasteiger partial charge in [-0.2, -0.15) is 0 Å². The molecule has 0 aliphatic rings. The van der Waals surface area contributed by atoms with Gasteiger partial charge in [-0.3, -0.25) is 0 Å². The van der Waals surface area contributed by atoms with Crippen LogP contribution in [0.25, 0.3) is 0 Å². The van der Waals surface area contributed by atoms with Gasteiger partial charge in [0.2, 0.25) is 0 Å². The molecule has 400 valence electrons. The minimum atomic E-state index is -0.107. The summed E-state index contributed by atoms with van der Waals surface area (Å²) in [6, 6.07) is 0. The van der Waals surface area contributed by atoms with Crippen LogP contribution in [0.4, 0.5) is 0 Å². The summed E-state index contributed by atoms with van der Waals surface area (Å²) in [4.78, 5) is 0. The van der Waals surface area contributed by atoms with Gasteiger partial charge in [0.05, 0.1) is 39.6 Å². The van der Waals surface area contributed by atoms with E-state index in [1.807, 2.05) is 0 Å². The number of hydrogen-bond acceptors (Lipinski definition) is 16. The molecule has 0 radical (unpaired) electrons. The van der Waals surface area contributed by atoms with Crippen LogP contribution >= 0.6 is 0 Å². The minimum absolute atomic E-state index is 0. The fraction of sp³-hybridized carbons (Fsp3) is 1.00. The van der Waals surface area contributed by atoms with Crippen LogP contribution in [-0.4, -0.2) is 214 Å². The molecule has 0 heterocycles. The molecule has 0 spiro atoms. The summed E-state index contributed by atoms with van der Waals surface area (Å²) in [7, 11) is 0. The van der Waals surface area contributed by atoms with Gasteiger partial charge in [-0.05, 0) is 51.4 Å². The number of hydrogen-bond donors (Lipinski definition) is 3. The normalized spacial score (nSPS) is 9.45. The van der Waals surface area contributed by atoms with E-state index >= 15 is 0 Å². The zero-order valence-corrected chi connectivity index (χ0v) is 46.8. The van der Waals surface area contributed by atoms with Crippen molar-refractivity contribution in [3.63, 3.8) is 0 Å². The fourth-order valence-corrected chi connectivity index (χ4v) is 3.28. The Morgan fingerprint density at radius 2 is 0.364 bits per heavy atom. The summed E-state index contributed by atoms with van der Waals surface area (Å²) in [6.45, 7) is 26.2. The van der Waals surface area contributed by atoms with Gasteiger partial charge in [-0.1, -0.05) is 107 Å². The molecule has 0 aromatic heterocycles. The van der Waals surface area contributed by atoms with Gasteiger partial charge in [0, 0.05) is 85.9 Å². The van der Waals surface area contributed by atoms with Crippen molar-refractivity contribution >= 4 is 40.4 Å². The van der Waals surface area contributed by atoms with E-state index in [0.29, 0.717) is 52.9 Å². The second-order valence-corrected chi connectivity index (χ2v) is 13.4. The minimum Gasteiger partial charge on any atom is -0.853 e. The maximum atomic E-state index is 9.77. The summed E-state index contributed by atoms with van der Waals surface area (Å²) in [5, 5.41) is 73.6. The number of aliphatic hydroxyl groups excluding tert-OH is 3. The van der Waals surface area contributed by atoms with Crippen LogP contribution in [0.5, 0.6) is 0 Å². The Morgan fingerprint density at radius 3 is 0.455 bits per heavy atom. The molecule has 0 saturated heterocycles. The first-order valence-corrected chi connectivity index (χ1v) is 24.7. The maximum Gasteiger partial charge on any atom is 3.00 e. The molecule has 0 amide bonds. The molecule has 0 aliphatic carbocycles. The standard InChI is InChI=1S/3C6H14O2.5C6H13O2.Al.Mg/c8*1-2-3-5-8-6-4-7;;/h3*7H,2-6H2,1H3;5*2-6H2,1H3;;/q;;;5*-1;+3;+2. The molecule has 0 rings (SSSR count). The van der Waals surface area contributed by atoms with Crippen molar-refractivity contribution in [2.24, 2.45) is 0 Å². The van der Waals surface area contributed by atoms with Crippen molar-refractivity contribution in [3.8, 4) is 0 Å². The van der Waals surface area contributed by atoms with E-state index in [1.165, 1.54) is 0 Å². The van der Waals surface area contributed by atoms with Gasteiger partial charge in [0.1, 0.15) is 0 Å². The molecule has 0 aromatic carbocycles. The van der Waals surface area contributed by atoms with Gasteiger partial charge >= 0.3 is 40.4 Å². The molecule has 0 atom stereocenters. The summed E-state index contributed by atoms with van der Waals surface area (Å²) >= 11 is 0. The molecular weight excluding hydrogens is 884 g/mol. The first kappa shape index (κ1) is 89.5. The molecule has 66 heavy (non-hydrogen) atoms. The van der Waals surface area contributed by atoms with Crippen LogP contribution < -0.4 is 25.5 Å². The predicted molar refractivity (Wildman–Crippen MR) is 263 cm³/mol. The number of unbranched alkanes of at least 4 members (excludes halogenated alkanes) is 8. The Labute approximate surface area is 433 Å². The number of ether oxygens (including phenoxy) is 8. The van der Waals surface area contributed by atoms with Crippen LogP contribution in [0.1, 0.15) is 158 Å². The average Bonchev–Trinajstić information content (AvgIpc) is 3.32. The van der Waals surface area contributed by atoms with E-state index in [1.54, 1.807) is 0 Å². The van der Waals surface area contributed by atoms with Crippen molar-refractivity contribution < 1.29 is 78.7 Å². The molecule has 16 nitrogen and oxygen atoms in total. The molecule has 0 bridgehead atoms. The Balaban J connectivity index is -0.0000000676. The molecule has 0 fully saturated rings. The van der Waals surface area contributed by atoms with E-state index in [4.69, 9.17) is 53.2 Å². The van der Waals surface area contributed by atoms with E-state index in [2.05, 4.69) is 55.4 Å². The SMILES string of the molecule is CCCCOCCO.CCCCOCCO.CCCCOCCO.CCCCOCC[O-].CCCCOCC[O-].CCCCOCC[O-].CCCCOCC[O-].CCCCOCC[O-].[Al+3].[Mg+2]. The van der Waals surface area contributed by atoms with Gasteiger partial charge in [0.15, 0.2) is 0 Å². The van der Waals surface area contributed by atoms with Gasteiger partial charge < -0.3 is 78.7 Å². The number of rotatable bonds is 40. The van der Waals surface area contributed by atoms with Crippen molar-refractivity contribution in [1.82, 2.24) is 0 Å². The second kappa shape index (κ2) is 116. The monoisotopic (exact) mass is 991 g/mol. The summed E-state index contributed by atoms with van der Waals surface area (Å²) in [5.41, 5.74) is 0. The van der Waals surface area contributed by atoms with E-state index in [9.17, 15) is 25.5 Å². The van der Waals surface area contributed by atoms with Gasteiger partial charge in [-0.15, -0.1) is 33.0 Å². The fourth-order valence-electron chi connectivity index (χ4n) is 3.28. The largest absolute Gasteiger partial charge is 3.00 e. The first-order chi connectivity index (χ1) is 31.3. The Kier molecular flexibility index (Phi) is 157. The Hall–Kier alpha value is 0.659. The third kappa shape index (κ3) is 159. The van der Waals surface area contributed by atoms with E-state index in [-0.39, 0.29) is 93.3 Å². The zero-order valence-electron chi connectivity index (χ0n) is 44.2. The van der Waals surface area contributed by atoms with Crippen molar-refractivity contribution in [2.75, 3.05) is 159 Å². The van der Waals surface area contributed by atoms with Crippen molar-refractivity contribution in [2.45, 2.75) is 158 Å². The first-order valence-electron chi connectivity index (χ1n) is 24.7. The molecular formula is C48H107AlMgO16. The van der Waals surface area contributed by atoms with E-state index < -0.39 is 0 Å². The average molecular weight is 992 g/mol. The Morgan fingerprint density at radius 1 is 0.242 bits per heavy atom. The molecule has 3 N–H and O–H groups in total. The van der Waals surface area contributed by atoms with Crippen molar-refractivity contribution in [1.29, 1.82) is 0 Å². The van der Waals surface area contributed by atoms with Crippen LogP contribution in [0.3, 0.4) is 0 Å².